The van der Waals surface area contributed by atoms with Gasteiger partial charge in [0.2, 0.25) is 0 Å². The number of ketones is 1. The minimum atomic E-state index is -1.31. The molecule has 0 aromatic heterocycles. The number of carbonyl (C=O) groups is 2. The molecule has 0 saturated carbocycles. The molecule has 0 saturated heterocycles. The van der Waals surface area contributed by atoms with E-state index in [1.165, 1.54) is 13.2 Å². The van der Waals surface area contributed by atoms with Gasteiger partial charge in [-0.15, -0.1) is 0 Å². The lowest BCUT2D eigenvalue weighted by Gasteiger charge is -2.38. The number of aliphatic hydroxyl groups excluding tert-OH is 1. The number of Topliss-reactive ketones (excluding diaryl/α,β-unsaturated/α-hetero) is 1. The zero-order valence-electron chi connectivity index (χ0n) is 34.7. The second-order valence-corrected chi connectivity index (χ2v) is 16.2. The van der Waals surface area contributed by atoms with Crippen molar-refractivity contribution >= 4 is 22.5 Å². The number of esters is 1. The number of hydrogen-bond acceptors (Lipinski definition) is 10. The molecule has 0 amide bonds. The first-order valence-corrected chi connectivity index (χ1v) is 19.9. The number of rotatable bonds is 20. The van der Waals surface area contributed by atoms with Crippen molar-refractivity contribution in [1.82, 2.24) is 16.0 Å². The standard InChI is InChI=1S/C48H59N3O7/c1-31(2)42(50-29-35-22-25-38(57-7)27-41(35)52)45(54)43(49-28-33-20-23-37(56-6)24-21-33)44(53)40(26-32-14-9-8-10-15-32)51-46(48(3,4)5)47(55)58-30-36-18-13-17-34-16-11-12-19-39(34)36/h8-25,27,31,40,42-44,46,49-53H,26,28-30H2,1-7H3/t40-,42+,43+,44+,46-/m0/s1. The van der Waals surface area contributed by atoms with E-state index in [-0.39, 0.29) is 37.1 Å². The van der Waals surface area contributed by atoms with Crippen LogP contribution in [0.3, 0.4) is 0 Å². The molecule has 5 rings (SSSR count). The zero-order chi connectivity index (χ0) is 41.8. The third kappa shape index (κ3) is 11.7. The second kappa shape index (κ2) is 20.4. The minimum absolute atomic E-state index is 0.0451. The summed E-state index contributed by atoms with van der Waals surface area (Å²) in [5, 5.41) is 35.6. The lowest BCUT2D eigenvalue weighted by atomic mass is 9.83. The quantitative estimate of drug-likeness (QED) is 0.0519. The van der Waals surface area contributed by atoms with Gasteiger partial charge in [-0.25, -0.2) is 0 Å². The Labute approximate surface area is 342 Å². The summed E-state index contributed by atoms with van der Waals surface area (Å²) in [6.45, 7) is 10.3. The average Bonchev–Trinajstić information content (AvgIpc) is 3.21. The molecular formula is C48H59N3O7. The van der Waals surface area contributed by atoms with Crippen LogP contribution in [0.2, 0.25) is 0 Å². The molecular weight excluding hydrogens is 731 g/mol. The predicted octanol–water partition coefficient (Wildman–Crippen LogP) is 7.12. The number of ether oxygens (including phenoxy) is 3. The Hall–Kier alpha value is -5.26. The summed E-state index contributed by atoms with van der Waals surface area (Å²) < 4.78 is 16.6. The molecule has 0 unspecified atom stereocenters. The fraction of sp³-hybridized carbons (Fsp3) is 0.375. The van der Waals surface area contributed by atoms with Crippen LogP contribution in [0.4, 0.5) is 0 Å². The molecule has 5 atom stereocenters. The van der Waals surface area contributed by atoms with E-state index in [1.807, 2.05) is 132 Å². The van der Waals surface area contributed by atoms with Gasteiger partial charge in [-0.1, -0.05) is 126 Å². The first-order valence-electron chi connectivity index (χ1n) is 19.9. The maximum atomic E-state index is 14.9. The normalized spacial score (nSPS) is 14.4. The molecule has 0 bridgehead atoms. The highest BCUT2D eigenvalue weighted by Crippen LogP contribution is 2.27. The Morgan fingerprint density at radius 2 is 1.34 bits per heavy atom. The van der Waals surface area contributed by atoms with Crippen LogP contribution in [0.25, 0.3) is 10.8 Å². The van der Waals surface area contributed by atoms with Gasteiger partial charge >= 0.3 is 5.97 Å². The van der Waals surface area contributed by atoms with Gasteiger partial charge in [0.25, 0.3) is 0 Å². The van der Waals surface area contributed by atoms with Crippen molar-refractivity contribution in [2.45, 2.75) is 91.0 Å². The van der Waals surface area contributed by atoms with Gasteiger partial charge in [-0.2, -0.15) is 0 Å². The number of phenolic OH excluding ortho intramolecular Hbond substituents is 1. The van der Waals surface area contributed by atoms with Gasteiger partial charge in [-0.05, 0) is 63.4 Å². The van der Waals surface area contributed by atoms with Gasteiger partial charge in [0, 0.05) is 30.8 Å². The van der Waals surface area contributed by atoms with Crippen LogP contribution < -0.4 is 25.4 Å². The van der Waals surface area contributed by atoms with Crippen LogP contribution in [0.5, 0.6) is 17.2 Å². The van der Waals surface area contributed by atoms with E-state index in [4.69, 9.17) is 14.2 Å². The van der Waals surface area contributed by atoms with Crippen molar-refractivity contribution in [3.05, 3.63) is 138 Å². The van der Waals surface area contributed by atoms with Gasteiger partial charge in [0.1, 0.15) is 29.9 Å². The van der Waals surface area contributed by atoms with Gasteiger partial charge in [0.05, 0.1) is 32.4 Å². The lowest BCUT2D eigenvalue weighted by molar-refractivity contribution is -0.151. The molecule has 308 valence electrons. The molecule has 0 heterocycles. The fourth-order valence-electron chi connectivity index (χ4n) is 7.17. The van der Waals surface area contributed by atoms with Crippen molar-refractivity contribution in [1.29, 1.82) is 0 Å². The fourth-order valence-corrected chi connectivity index (χ4v) is 7.17. The van der Waals surface area contributed by atoms with Gasteiger partial charge in [0.15, 0.2) is 5.78 Å². The SMILES string of the molecule is COc1ccc(CN[C@@H](C(=O)[C@H](NCc2ccc(OC)cc2O)C(C)C)[C@H](O)[C@H](Cc2ccccc2)N[C@@H](C(=O)OCc2cccc3ccccc23)C(C)(C)C)cc1. The maximum Gasteiger partial charge on any atom is 0.324 e. The smallest absolute Gasteiger partial charge is 0.324 e. The van der Waals surface area contributed by atoms with Crippen LogP contribution in [0.1, 0.15) is 56.9 Å². The van der Waals surface area contributed by atoms with E-state index in [2.05, 4.69) is 16.0 Å². The topological polar surface area (TPSA) is 138 Å². The van der Waals surface area contributed by atoms with E-state index < -0.39 is 41.7 Å². The molecule has 5 N–H and O–H groups in total. The van der Waals surface area contributed by atoms with Crippen molar-refractivity contribution in [3.8, 4) is 17.2 Å². The highest BCUT2D eigenvalue weighted by atomic mass is 16.5. The van der Waals surface area contributed by atoms with Crippen LogP contribution in [-0.2, 0) is 40.4 Å². The molecule has 0 aliphatic heterocycles. The van der Waals surface area contributed by atoms with Crippen LogP contribution in [0.15, 0.2) is 115 Å². The zero-order valence-corrected chi connectivity index (χ0v) is 34.7. The third-order valence-corrected chi connectivity index (χ3v) is 10.6. The number of fused-ring (bicyclic) bond motifs is 1. The van der Waals surface area contributed by atoms with E-state index in [0.717, 1.165) is 27.5 Å². The first kappa shape index (κ1) is 43.9. The lowest BCUT2D eigenvalue weighted by Crippen LogP contribution is -2.63. The Bertz CT molecular complexity index is 2080. The summed E-state index contributed by atoms with van der Waals surface area (Å²) in [4.78, 5) is 29.1. The van der Waals surface area contributed by atoms with Crippen molar-refractivity contribution in [2.24, 2.45) is 11.3 Å². The van der Waals surface area contributed by atoms with Crippen molar-refractivity contribution < 1.29 is 34.0 Å². The van der Waals surface area contributed by atoms with Crippen molar-refractivity contribution in [2.75, 3.05) is 14.2 Å². The second-order valence-electron chi connectivity index (χ2n) is 16.2. The molecule has 0 radical (unpaired) electrons. The molecule has 10 heteroatoms. The highest BCUT2D eigenvalue weighted by Gasteiger charge is 2.41. The molecule has 5 aromatic carbocycles. The number of hydrogen-bond donors (Lipinski definition) is 5. The Kier molecular flexibility index (Phi) is 15.5. The summed E-state index contributed by atoms with van der Waals surface area (Å²) >= 11 is 0. The van der Waals surface area contributed by atoms with Crippen LogP contribution >= 0.6 is 0 Å². The third-order valence-electron chi connectivity index (χ3n) is 10.6. The number of aromatic hydroxyl groups is 1. The summed E-state index contributed by atoms with van der Waals surface area (Å²) in [7, 11) is 3.14. The predicted molar refractivity (Wildman–Crippen MR) is 229 cm³/mol. The van der Waals surface area contributed by atoms with Gasteiger partial charge < -0.3 is 35.1 Å². The van der Waals surface area contributed by atoms with Gasteiger partial charge in [-0.3, -0.25) is 14.9 Å². The molecule has 58 heavy (non-hydrogen) atoms. The van der Waals surface area contributed by atoms with Crippen LogP contribution in [0, 0.1) is 11.3 Å². The summed E-state index contributed by atoms with van der Waals surface area (Å²) in [5.74, 6) is 0.373. The van der Waals surface area contributed by atoms with E-state index in [9.17, 15) is 19.8 Å². The average molecular weight is 790 g/mol. The monoisotopic (exact) mass is 789 g/mol. The molecule has 0 aliphatic rings. The van der Waals surface area contributed by atoms with E-state index in [0.29, 0.717) is 23.5 Å². The highest BCUT2D eigenvalue weighted by molar-refractivity contribution is 5.90. The number of aliphatic hydroxyl groups is 1. The first-order chi connectivity index (χ1) is 27.8. The molecule has 0 fully saturated rings. The molecule has 0 spiro atoms. The number of phenols is 1. The summed E-state index contributed by atoms with van der Waals surface area (Å²) in [5.41, 5.74) is 2.67. The van der Waals surface area contributed by atoms with E-state index >= 15 is 0 Å². The minimum Gasteiger partial charge on any atom is -0.507 e. The number of methoxy groups -OCH3 is 2. The number of carbonyl (C=O) groups excluding carboxylic acids is 2. The van der Waals surface area contributed by atoms with Crippen LogP contribution in [-0.4, -0.2) is 66.5 Å². The number of benzene rings is 5. The molecule has 0 aliphatic carbocycles. The Balaban J connectivity index is 1.46. The maximum absolute atomic E-state index is 14.9. The molecule has 5 aromatic rings. The van der Waals surface area contributed by atoms with E-state index in [1.54, 1.807) is 19.2 Å². The molecule has 10 nitrogen and oxygen atoms in total. The Morgan fingerprint density at radius 3 is 2.00 bits per heavy atom. The number of nitrogens with one attached hydrogen (secondary N) is 3. The summed E-state index contributed by atoms with van der Waals surface area (Å²) in [6.07, 6.45) is -0.988. The van der Waals surface area contributed by atoms with Crippen molar-refractivity contribution in [3.63, 3.8) is 0 Å². The summed E-state index contributed by atoms with van der Waals surface area (Å²) in [6, 6.07) is 32.8. The Morgan fingerprint density at radius 1 is 0.707 bits per heavy atom. The largest absolute Gasteiger partial charge is 0.507 e.